The Morgan fingerprint density at radius 1 is 1.13 bits per heavy atom. The van der Waals surface area contributed by atoms with Gasteiger partial charge in [0.15, 0.2) is 5.82 Å². The second-order valence-corrected chi connectivity index (χ2v) is 6.59. The van der Waals surface area contributed by atoms with Crippen LogP contribution < -0.4 is 10.0 Å². The van der Waals surface area contributed by atoms with Crippen molar-refractivity contribution in [2.75, 3.05) is 10.0 Å². The fraction of sp³-hybridized carbons (Fsp3) is 0.0667. The summed E-state index contributed by atoms with van der Waals surface area (Å²) in [4.78, 5) is 15.3. The van der Waals surface area contributed by atoms with Gasteiger partial charge in [0, 0.05) is 18.8 Å². The number of carbonyl (C=O) groups excluding carboxylic acids is 1. The number of benzene rings is 1. The van der Waals surface area contributed by atoms with Gasteiger partial charge in [0.1, 0.15) is 5.65 Å². The predicted octanol–water partition coefficient (Wildman–Crippen LogP) is 2.09. The van der Waals surface area contributed by atoms with Crippen molar-refractivity contribution in [3.63, 3.8) is 0 Å². The van der Waals surface area contributed by atoms with Crippen LogP contribution in [0.25, 0.3) is 5.65 Å². The second-order valence-electron chi connectivity index (χ2n) is 4.90. The average molecular weight is 330 g/mol. The van der Waals surface area contributed by atoms with E-state index in [1.54, 1.807) is 22.9 Å². The van der Waals surface area contributed by atoms with Crippen LogP contribution >= 0.6 is 0 Å². The van der Waals surface area contributed by atoms with Crippen LogP contribution in [0.3, 0.4) is 0 Å². The summed E-state index contributed by atoms with van der Waals surface area (Å²) in [5.74, 6) is 0.0190. The molecule has 0 aliphatic carbocycles. The van der Waals surface area contributed by atoms with E-state index in [1.807, 2.05) is 12.1 Å². The number of nitrogens with one attached hydrogen (secondary N) is 2. The number of aromatic nitrogens is 2. The van der Waals surface area contributed by atoms with E-state index in [0.717, 1.165) is 0 Å². The quantitative estimate of drug-likeness (QED) is 0.766. The van der Waals surface area contributed by atoms with E-state index in [0.29, 0.717) is 11.3 Å². The van der Waals surface area contributed by atoms with Crippen LogP contribution in [0.1, 0.15) is 6.92 Å². The molecule has 2 N–H and O–H groups in total. The van der Waals surface area contributed by atoms with Crippen molar-refractivity contribution >= 4 is 33.1 Å². The smallest absolute Gasteiger partial charge is 0.263 e. The summed E-state index contributed by atoms with van der Waals surface area (Å²) >= 11 is 0. The molecule has 23 heavy (non-hydrogen) atoms. The molecule has 8 heteroatoms. The number of sulfonamides is 1. The van der Waals surface area contributed by atoms with Crippen LogP contribution in [-0.4, -0.2) is 23.7 Å². The van der Waals surface area contributed by atoms with Crippen LogP contribution in [0, 0.1) is 0 Å². The van der Waals surface area contributed by atoms with E-state index in [4.69, 9.17) is 0 Å². The summed E-state index contributed by atoms with van der Waals surface area (Å²) in [7, 11) is -3.74. The topological polar surface area (TPSA) is 92.6 Å². The third kappa shape index (κ3) is 3.32. The van der Waals surface area contributed by atoms with Gasteiger partial charge in [-0.05, 0) is 36.4 Å². The van der Waals surface area contributed by atoms with Gasteiger partial charge < -0.3 is 9.72 Å². The molecule has 7 nitrogen and oxygen atoms in total. The minimum Gasteiger partial charge on any atom is -0.326 e. The molecule has 2 heterocycles. The van der Waals surface area contributed by atoms with Crippen molar-refractivity contribution in [1.29, 1.82) is 0 Å². The molecule has 0 radical (unpaired) electrons. The lowest BCUT2D eigenvalue weighted by Gasteiger charge is -2.06. The number of hydrogen-bond acceptors (Lipinski definition) is 4. The van der Waals surface area contributed by atoms with Crippen molar-refractivity contribution < 1.29 is 13.2 Å². The molecule has 0 saturated heterocycles. The average Bonchev–Trinajstić information content (AvgIpc) is 2.88. The second kappa shape index (κ2) is 5.73. The Morgan fingerprint density at radius 2 is 1.87 bits per heavy atom. The molecule has 3 aromatic rings. The molecule has 2 aromatic heterocycles. The van der Waals surface area contributed by atoms with Crippen LogP contribution in [0.2, 0.25) is 0 Å². The SMILES string of the molecule is CC(=O)Nc1ccc(S(=O)(=O)Nc2cn3ccccc3n2)cc1. The molecule has 0 fully saturated rings. The third-order valence-corrected chi connectivity index (χ3v) is 4.46. The molecule has 1 amide bonds. The summed E-state index contributed by atoms with van der Waals surface area (Å²) in [6.45, 7) is 1.38. The normalized spacial score (nSPS) is 11.3. The van der Waals surface area contributed by atoms with Gasteiger partial charge in [0.25, 0.3) is 10.0 Å². The first-order valence-electron chi connectivity index (χ1n) is 6.78. The van der Waals surface area contributed by atoms with Gasteiger partial charge in [0.05, 0.1) is 11.1 Å². The van der Waals surface area contributed by atoms with Gasteiger partial charge in [-0.2, -0.15) is 0 Å². The Bertz CT molecular complexity index is 929. The minimum absolute atomic E-state index is 0.0867. The molecule has 3 rings (SSSR count). The van der Waals surface area contributed by atoms with Gasteiger partial charge >= 0.3 is 0 Å². The number of imidazole rings is 1. The van der Waals surface area contributed by atoms with Crippen LogP contribution in [0.15, 0.2) is 59.8 Å². The van der Waals surface area contributed by atoms with Crippen LogP contribution in [0.5, 0.6) is 0 Å². The highest BCUT2D eigenvalue weighted by atomic mass is 32.2. The first-order valence-corrected chi connectivity index (χ1v) is 8.26. The van der Waals surface area contributed by atoms with Gasteiger partial charge in [-0.25, -0.2) is 13.4 Å². The van der Waals surface area contributed by atoms with Crippen LogP contribution in [0.4, 0.5) is 11.5 Å². The highest BCUT2D eigenvalue weighted by Crippen LogP contribution is 2.18. The van der Waals surface area contributed by atoms with Gasteiger partial charge in [-0.3, -0.25) is 9.52 Å². The maximum absolute atomic E-state index is 12.4. The van der Waals surface area contributed by atoms with E-state index in [2.05, 4.69) is 15.0 Å². The lowest BCUT2D eigenvalue weighted by Crippen LogP contribution is -2.13. The van der Waals surface area contributed by atoms with E-state index < -0.39 is 10.0 Å². The molecule has 0 spiro atoms. The van der Waals surface area contributed by atoms with E-state index >= 15 is 0 Å². The number of amides is 1. The minimum atomic E-state index is -3.74. The maximum atomic E-state index is 12.4. The summed E-state index contributed by atoms with van der Waals surface area (Å²) in [6, 6.07) is 11.3. The third-order valence-electron chi connectivity index (χ3n) is 3.09. The lowest BCUT2D eigenvalue weighted by molar-refractivity contribution is -0.114. The maximum Gasteiger partial charge on any atom is 0.263 e. The Morgan fingerprint density at radius 3 is 2.52 bits per heavy atom. The molecule has 0 saturated carbocycles. The lowest BCUT2D eigenvalue weighted by atomic mass is 10.3. The Labute approximate surface area is 133 Å². The molecule has 1 aromatic carbocycles. The molecule has 0 bridgehead atoms. The van der Waals surface area contributed by atoms with Crippen molar-refractivity contribution in [2.45, 2.75) is 11.8 Å². The zero-order valence-corrected chi connectivity index (χ0v) is 13.0. The number of carbonyl (C=O) groups is 1. The van der Waals surface area contributed by atoms with E-state index in [9.17, 15) is 13.2 Å². The Hall–Kier alpha value is -2.87. The molecule has 118 valence electrons. The van der Waals surface area contributed by atoms with Crippen LogP contribution in [-0.2, 0) is 14.8 Å². The van der Waals surface area contributed by atoms with Gasteiger partial charge in [-0.15, -0.1) is 0 Å². The first kappa shape index (κ1) is 15.0. The predicted molar refractivity (Wildman–Crippen MR) is 86.7 cm³/mol. The summed E-state index contributed by atoms with van der Waals surface area (Å²) in [6.07, 6.45) is 3.38. The molecule has 0 atom stereocenters. The molecule has 0 aliphatic heterocycles. The van der Waals surface area contributed by atoms with Crippen molar-refractivity contribution in [1.82, 2.24) is 9.38 Å². The molecule has 0 aliphatic rings. The summed E-state index contributed by atoms with van der Waals surface area (Å²) < 4.78 is 28.9. The Balaban J connectivity index is 1.84. The summed E-state index contributed by atoms with van der Waals surface area (Å²) in [5.41, 5.74) is 1.18. The van der Waals surface area contributed by atoms with E-state index in [-0.39, 0.29) is 16.6 Å². The van der Waals surface area contributed by atoms with Crippen molar-refractivity contribution in [3.8, 4) is 0 Å². The van der Waals surface area contributed by atoms with Crippen molar-refractivity contribution in [2.24, 2.45) is 0 Å². The number of rotatable bonds is 4. The zero-order valence-electron chi connectivity index (χ0n) is 12.2. The number of pyridine rings is 1. The first-order chi connectivity index (χ1) is 10.9. The number of anilines is 2. The zero-order chi connectivity index (χ0) is 16.4. The molecular weight excluding hydrogens is 316 g/mol. The number of nitrogens with zero attached hydrogens (tertiary/aromatic N) is 2. The molecular formula is C15H14N4O3S. The number of hydrogen-bond donors (Lipinski definition) is 2. The highest BCUT2D eigenvalue weighted by Gasteiger charge is 2.16. The highest BCUT2D eigenvalue weighted by molar-refractivity contribution is 7.92. The monoisotopic (exact) mass is 330 g/mol. The largest absolute Gasteiger partial charge is 0.326 e. The standard InChI is InChI=1S/C15H14N4O3S/c1-11(20)16-12-5-7-13(8-6-12)23(21,22)18-14-10-19-9-3-2-4-15(19)17-14/h2-10,18H,1H3,(H,16,20). The van der Waals surface area contributed by atoms with Crippen molar-refractivity contribution in [3.05, 3.63) is 54.9 Å². The summed E-state index contributed by atoms with van der Waals surface area (Å²) in [5, 5.41) is 2.58. The molecule has 0 unspecified atom stereocenters. The van der Waals surface area contributed by atoms with Gasteiger partial charge in [-0.1, -0.05) is 6.07 Å². The fourth-order valence-corrected chi connectivity index (χ4v) is 3.09. The Kier molecular flexibility index (Phi) is 3.75. The van der Waals surface area contributed by atoms with Gasteiger partial charge in [0.2, 0.25) is 5.91 Å². The fourth-order valence-electron chi connectivity index (χ4n) is 2.10. The number of fused-ring (bicyclic) bond motifs is 1. The van der Waals surface area contributed by atoms with E-state index in [1.165, 1.54) is 31.2 Å².